The van der Waals surface area contributed by atoms with Crippen LogP contribution in [0, 0.1) is 18.3 Å². The number of nitrogens with two attached hydrogens (primary N) is 2. The van der Waals surface area contributed by atoms with E-state index in [1.807, 2.05) is 6.07 Å². The molecule has 0 aromatic heterocycles. The van der Waals surface area contributed by atoms with Crippen molar-refractivity contribution in [2.45, 2.75) is 11.8 Å². The van der Waals surface area contributed by atoms with Crippen molar-refractivity contribution in [3.8, 4) is 6.07 Å². The van der Waals surface area contributed by atoms with Crippen molar-refractivity contribution in [1.82, 2.24) is 0 Å². The van der Waals surface area contributed by atoms with E-state index in [9.17, 15) is 8.42 Å². The number of anilines is 1. The lowest BCUT2D eigenvalue weighted by Crippen LogP contribution is -2.15. The van der Waals surface area contributed by atoms with Gasteiger partial charge in [0.05, 0.1) is 17.3 Å². The van der Waals surface area contributed by atoms with E-state index in [2.05, 4.69) is 0 Å². The van der Waals surface area contributed by atoms with E-state index in [1.165, 1.54) is 6.07 Å². The van der Waals surface area contributed by atoms with Gasteiger partial charge in [-0.05, 0) is 24.6 Å². The maximum Gasteiger partial charge on any atom is 0.240 e. The van der Waals surface area contributed by atoms with Gasteiger partial charge in [-0.3, -0.25) is 0 Å². The highest BCUT2D eigenvalue weighted by molar-refractivity contribution is 7.89. The predicted molar refractivity (Wildman–Crippen MR) is 51.7 cm³/mol. The molecular formula is C8H9N3O2S. The Morgan fingerprint density at radius 1 is 1.43 bits per heavy atom. The van der Waals surface area contributed by atoms with Crippen LogP contribution in [0.5, 0.6) is 0 Å². The van der Waals surface area contributed by atoms with E-state index >= 15 is 0 Å². The van der Waals surface area contributed by atoms with Gasteiger partial charge in [0.1, 0.15) is 4.90 Å². The van der Waals surface area contributed by atoms with Crippen LogP contribution in [-0.4, -0.2) is 8.42 Å². The molecule has 1 rings (SSSR count). The minimum atomic E-state index is -3.86. The minimum Gasteiger partial charge on any atom is -0.397 e. The number of hydrogen-bond donors (Lipinski definition) is 2. The molecule has 0 unspecified atom stereocenters. The second-order valence-corrected chi connectivity index (χ2v) is 4.39. The SMILES string of the molecule is Cc1cc(C#N)cc(S(N)(=O)=O)c1N. The van der Waals surface area contributed by atoms with Crippen LogP contribution in [0.4, 0.5) is 5.69 Å². The van der Waals surface area contributed by atoms with Gasteiger partial charge in [0.15, 0.2) is 0 Å². The maximum absolute atomic E-state index is 11.1. The van der Waals surface area contributed by atoms with Gasteiger partial charge in [-0.25, -0.2) is 13.6 Å². The normalized spacial score (nSPS) is 10.9. The van der Waals surface area contributed by atoms with Crippen LogP contribution in [0.15, 0.2) is 17.0 Å². The van der Waals surface area contributed by atoms with Gasteiger partial charge in [0, 0.05) is 0 Å². The molecular weight excluding hydrogens is 202 g/mol. The highest BCUT2D eigenvalue weighted by Crippen LogP contribution is 2.22. The molecule has 0 heterocycles. The predicted octanol–water partition coefficient (Wildman–Crippen LogP) is 0.0963. The van der Waals surface area contributed by atoms with E-state index in [-0.39, 0.29) is 16.1 Å². The molecule has 0 amide bonds. The molecule has 0 atom stereocenters. The number of nitriles is 1. The molecule has 0 radical (unpaired) electrons. The second-order valence-electron chi connectivity index (χ2n) is 2.86. The number of aryl methyl sites for hydroxylation is 1. The number of benzene rings is 1. The van der Waals surface area contributed by atoms with Crippen LogP contribution in [0.25, 0.3) is 0 Å². The summed E-state index contributed by atoms with van der Waals surface area (Å²) in [6.45, 7) is 1.62. The third-order valence-corrected chi connectivity index (χ3v) is 2.74. The summed E-state index contributed by atoms with van der Waals surface area (Å²) in [7, 11) is -3.86. The van der Waals surface area contributed by atoms with Gasteiger partial charge in [-0.1, -0.05) is 0 Å². The lowest BCUT2D eigenvalue weighted by atomic mass is 10.1. The molecule has 0 aliphatic heterocycles. The first-order valence-electron chi connectivity index (χ1n) is 3.69. The van der Waals surface area contributed by atoms with Gasteiger partial charge in [0.25, 0.3) is 0 Å². The minimum absolute atomic E-state index is 0.0894. The van der Waals surface area contributed by atoms with Crippen LogP contribution in [-0.2, 0) is 10.0 Å². The third-order valence-electron chi connectivity index (χ3n) is 1.78. The molecule has 0 saturated carbocycles. The summed E-state index contributed by atoms with van der Waals surface area (Å²) >= 11 is 0. The summed E-state index contributed by atoms with van der Waals surface area (Å²) in [6, 6.07) is 4.50. The van der Waals surface area contributed by atoms with E-state index < -0.39 is 10.0 Å². The maximum atomic E-state index is 11.1. The summed E-state index contributed by atoms with van der Waals surface area (Å²) in [5, 5.41) is 13.5. The standard InChI is InChI=1S/C8H9N3O2S/c1-5-2-6(4-9)3-7(8(5)10)14(11,12)13/h2-3H,10H2,1H3,(H2,11,12,13). The Bertz CT molecular complexity index is 514. The molecule has 74 valence electrons. The van der Waals surface area contributed by atoms with Crippen molar-refractivity contribution in [1.29, 1.82) is 5.26 Å². The first kappa shape index (κ1) is 10.5. The molecule has 4 N–H and O–H groups in total. The number of primary sulfonamides is 1. The van der Waals surface area contributed by atoms with Gasteiger partial charge in [0.2, 0.25) is 10.0 Å². The second kappa shape index (κ2) is 3.29. The zero-order chi connectivity index (χ0) is 10.9. The molecule has 0 fully saturated rings. The van der Waals surface area contributed by atoms with E-state index in [0.29, 0.717) is 5.56 Å². The molecule has 0 spiro atoms. The quantitative estimate of drug-likeness (QED) is 0.641. The average Bonchev–Trinajstić information content (AvgIpc) is 2.07. The van der Waals surface area contributed by atoms with E-state index in [4.69, 9.17) is 16.1 Å². The van der Waals surface area contributed by atoms with Crippen LogP contribution in [0.3, 0.4) is 0 Å². The van der Waals surface area contributed by atoms with Crippen LogP contribution in [0.1, 0.15) is 11.1 Å². The van der Waals surface area contributed by atoms with Gasteiger partial charge >= 0.3 is 0 Å². The van der Waals surface area contributed by atoms with Crippen molar-refractivity contribution in [3.63, 3.8) is 0 Å². The van der Waals surface area contributed by atoms with E-state index in [0.717, 1.165) is 6.07 Å². The summed E-state index contributed by atoms with van der Waals surface area (Å²) < 4.78 is 22.1. The number of nitrogens with zero attached hydrogens (tertiary/aromatic N) is 1. The Balaban J connectivity index is 3.61. The summed E-state index contributed by atoms with van der Waals surface area (Å²) in [5.41, 5.74) is 6.36. The van der Waals surface area contributed by atoms with Crippen molar-refractivity contribution < 1.29 is 8.42 Å². The molecule has 0 bridgehead atoms. The highest BCUT2D eigenvalue weighted by atomic mass is 32.2. The van der Waals surface area contributed by atoms with Crippen LogP contribution < -0.4 is 10.9 Å². The molecule has 0 saturated heterocycles. The summed E-state index contributed by atoms with van der Waals surface area (Å²) in [4.78, 5) is -0.200. The number of sulfonamides is 1. The lowest BCUT2D eigenvalue weighted by molar-refractivity contribution is 0.598. The van der Waals surface area contributed by atoms with E-state index in [1.54, 1.807) is 6.92 Å². The largest absolute Gasteiger partial charge is 0.397 e. The first-order valence-corrected chi connectivity index (χ1v) is 5.24. The highest BCUT2D eigenvalue weighted by Gasteiger charge is 2.14. The third kappa shape index (κ3) is 1.84. The fraction of sp³-hybridized carbons (Fsp3) is 0.125. The first-order chi connectivity index (χ1) is 6.36. The Morgan fingerprint density at radius 3 is 2.43 bits per heavy atom. The number of hydrogen-bond acceptors (Lipinski definition) is 4. The molecule has 0 aliphatic rings. The van der Waals surface area contributed by atoms with Gasteiger partial charge in [-0.2, -0.15) is 5.26 Å². The topological polar surface area (TPSA) is 110 Å². The molecule has 5 nitrogen and oxygen atoms in total. The Labute approximate surface area is 82.0 Å². The van der Waals surface area contributed by atoms with Crippen LogP contribution >= 0.6 is 0 Å². The van der Waals surface area contributed by atoms with Crippen molar-refractivity contribution >= 4 is 15.7 Å². The Hall–Kier alpha value is -1.58. The molecule has 1 aromatic rings. The molecule has 0 aliphatic carbocycles. The zero-order valence-electron chi connectivity index (χ0n) is 7.48. The summed E-state index contributed by atoms with van der Waals surface area (Å²) in [6.07, 6.45) is 0. The fourth-order valence-corrected chi connectivity index (χ4v) is 1.82. The van der Waals surface area contributed by atoms with Gasteiger partial charge in [-0.15, -0.1) is 0 Å². The zero-order valence-corrected chi connectivity index (χ0v) is 8.30. The number of rotatable bonds is 1. The summed E-state index contributed by atoms with van der Waals surface area (Å²) in [5.74, 6) is 0. The van der Waals surface area contributed by atoms with Crippen molar-refractivity contribution in [3.05, 3.63) is 23.3 Å². The van der Waals surface area contributed by atoms with Crippen molar-refractivity contribution in [2.24, 2.45) is 5.14 Å². The molecule has 6 heteroatoms. The van der Waals surface area contributed by atoms with Crippen molar-refractivity contribution in [2.75, 3.05) is 5.73 Å². The molecule has 1 aromatic carbocycles. The Kier molecular flexibility index (Phi) is 2.47. The fourth-order valence-electron chi connectivity index (χ4n) is 1.07. The monoisotopic (exact) mass is 211 g/mol. The average molecular weight is 211 g/mol. The van der Waals surface area contributed by atoms with Crippen LogP contribution in [0.2, 0.25) is 0 Å². The lowest BCUT2D eigenvalue weighted by Gasteiger charge is -2.06. The molecule has 14 heavy (non-hydrogen) atoms. The van der Waals surface area contributed by atoms with Gasteiger partial charge < -0.3 is 5.73 Å². The number of nitrogen functional groups attached to an aromatic ring is 1. The smallest absolute Gasteiger partial charge is 0.240 e. The Morgan fingerprint density at radius 2 is 2.00 bits per heavy atom.